The number of hydrogen-bond acceptors (Lipinski definition) is 3. The van der Waals surface area contributed by atoms with Crippen LogP contribution in [0.15, 0.2) is 18.2 Å². The van der Waals surface area contributed by atoms with Gasteiger partial charge in [0.15, 0.2) is 18.2 Å². The lowest BCUT2D eigenvalue weighted by Gasteiger charge is -2.23. The molecule has 7 heteroatoms. The van der Waals surface area contributed by atoms with E-state index in [-0.39, 0.29) is 36.7 Å². The fourth-order valence-corrected chi connectivity index (χ4v) is 1.24. The molecule has 19 heavy (non-hydrogen) atoms. The third-order valence-corrected chi connectivity index (χ3v) is 2.64. The van der Waals surface area contributed by atoms with Crippen LogP contribution in [0.2, 0.25) is 0 Å². The lowest BCUT2D eigenvalue weighted by atomic mass is 10.3. The van der Waals surface area contributed by atoms with E-state index < -0.39 is 11.6 Å². The SMILES string of the molecule is CC(CN)N(C)C(=O)COc1ccc(F)cc1F.Cl. The molecule has 0 aliphatic carbocycles. The number of nitrogens with zero attached hydrogens (tertiary/aromatic N) is 1. The summed E-state index contributed by atoms with van der Waals surface area (Å²) in [5.74, 6) is -2.01. The summed E-state index contributed by atoms with van der Waals surface area (Å²) >= 11 is 0. The first-order valence-corrected chi connectivity index (χ1v) is 5.49. The lowest BCUT2D eigenvalue weighted by molar-refractivity contribution is -0.133. The maximum Gasteiger partial charge on any atom is 0.260 e. The van der Waals surface area contributed by atoms with Gasteiger partial charge in [-0.25, -0.2) is 8.78 Å². The summed E-state index contributed by atoms with van der Waals surface area (Å²) in [4.78, 5) is 13.1. The van der Waals surface area contributed by atoms with Crippen molar-refractivity contribution in [3.63, 3.8) is 0 Å². The zero-order chi connectivity index (χ0) is 13.7. The monoisotopic (exact) mass is 294 g/mol. The second kappa shape index (κ2) is 7.91. The van der Waals surface area contributed by atoms with E-state index in [0.29, 0.717) is 12.6 Å². The first kappa shape index (κ1) is 17.6. The molecular formula is C12H17ClF2N2O2. The molecule has 0 fully saturated rings. The maximum atomic E-state index is 13.2. The number of ether oxygens (including phenoxy) is 1. The van der Waals surface area contributed by atoms with E-state index in [1.54, 1.807) is 14.0 Å². The van der Waals surface area contributed by atoms with E-state index in [9.17, 15) is 13.6 Å². The Balaban J connectivity index is 0.00000324. The Morgan fingerprint density at radius 1 is 1.47 bits per heavy atom. The first-order valence-electron chi connectivity index (χ1n) is 5.49. The van der Waals surface area contributed by atoms with Gasteiger partial charge in [-0.15, -0.1) is 12.4 Å². The highest BCUT2D eigenvalue weighted by atomic mass is 35.5. The van der Waals surface area contributed by atoms with Gasteiger partial charge in [-0.05, 0) is 19.1 Å². The zero-order valence-corrected chi connectivity index (χ0v) is 11.5. The predicted molar refractivity (Wildman–Crippen MR) is 70.4 cm³/mol. The summed E-state index contributed by atoms with van der Waals surface area (Å²) < 4.78 is 30.9. The van der Waals surface area contributed by atoms with E-state index >= 15 is 0 Å². The number of rotatable bonds is 5. The molecule has 0 saturated carbocycles. The van der Waals surface area contributed by atoms with Gasteiger partial charge in [0.25, 0.3) is 5.91 Å². The molecule has 0 aliphatic rings. The van der Waals surface area contributed by atoms with Crippen LogP contribution in [0.4, 0.5) is 8.78 Å². The average molecular weight is 295 g/mol. The van der Waals surface area contributed by atoms with Gasteiger partial charge in [0.05, 0.1) is 0 Å². The number of hydrogen-bond donors (Lipinski definition) is 1. The topological polar surface area (TPSA) is 55.6 Å². The van der Waals surface area contributed by atoms with Crippen molar-refractivity contribution in [2.75, 3.05) is 20.2 Å². The van der Waals surface area contributed by atoms with E-state index in [1.165, 1.54) is 4.90 Å². The molecule has 1 aromatic rings. The molecule has 0 aliphatic heterocycles. The van der Waals surface area contributed by atoms with Gasteiger partial charge in [-0.2, -0.15) is 0 Å². The van der Waals surface area contributed by atoms with Crippen LogP contribution in [0.3, 0.4) is 0 Å². The van der Waals surface area contributed by atoms with E-state index in [1.807, 2.05) is 0 Å². The van der Waals surface area contributed by atoms with Crippen molar-refractivity contribution >= 4 is 18.3 Å². The van der Waals surface area contributed by atoms with Crippen LogP contribution >= 0.6 is 12.4 Å². The molecule has 1 aromatic carbocycles. The van der Waals surface area contributed by atoms with Crippen LogP contribution in [0.25, 0.3) is 0 Å². The summed E-state index contributed by atoms with van der Waals surface area (Å²) in [6.45, 7) is 1.80. The minimum Gasteiger partial charge on any atom is -0.481 e. The molecule has 0 saturated heterocycles. The molecule has 108 valence electrons. The summed E-state index contributed by atoms with van der Waals surface area (Å²) in [6, 6.07) is 2.78. The standard InChI is InChI=1S/C12H16F2N2O2.ClH/c1-8(6-15)16(2)12(17)7-18-11-4-3-9(13)5-10(11)14;/h3-5,8H,6-7,15H2,1-2H3;1H. The van der Waals surface area contributed by atoms with Gasteiger partial charge in [-0.3, -0.25) is 4.79 Å². The quantitative estimate of drug-likeness (QED) is 0.897. The molecule has 0 bridgehead atoms. The van der Waals surface area contributed by atoms with E-state index in [0.717, 1.165) is 12.1 Å². The normalized spacial score (nSPS) is 11.4. The summed E-state index contributed by atoms with van der Waals surface area (Å²) in [6.07, 6.45) is 0. The van der Waals surface area contributed by atoms with Crippen molar-refractivity contribution in [2.45, 2.75) is 13.0 Å². The van der Waals surface area contributed by atoms with E-state index in [2.05, 4.69) is 0 Å². The number of carbonyl (C=O) groups is 1. The summed E-state index contributed by atoms with van der Waals surface area (Å²) in [7, 11) is 1.59. The van der Waals surface area contributed by atoms with Crippen LogP contribution in [0.1, 0.15) is 6.92 Å². The molecule has 1 rings (SSSR count). The minimum absolute atomic E-state index is 0. The molecule has 4 nitrogen and oxygen atoms in total. The summed E-state index contributed by atoms with van der Waals surface area (Å²) in [5, 5.41) is 0. The van der Waals surface area contributed by atoms with Crippen molar-refractivity contribution in [3.8, 4) is 5.75 Å². The number of likely N-dealkylation sites (N-methyl/N-ethyl adjacent to an activating group) is 1. The fourth-order valence-electron chi connectivity index (χ4n) is 1.24. The zero-order valence-electron chi connectivity index (χ0n) is 10.7. The molecule has 0 heterocycles. The van der Waals surface area contributed by atoms with Crippen molar-refractivity contribution in [2.24, 2.45) is 5.73 Å². The molecule has 1 amide bonds. The second-order valence-electron chi connectivity index (χ2n) is 3.95. The number of halogens is 3. The van der Waals surface area contributed by atoms with Crippen LogP contribution in [0, 0.1) is 11.6 Å². The Labute approximate surface area is 116 Å². The highest BCUT2D eigenvalue weighted by Gasteiger charge is 2.15. The van der Waals surface area contributed by atoms with Crippen LogP contribution in [0.5, 0.6) is 5.75 Å². The Hall–Kier alpha value is -1.40. The van der Waals surface area contributed by atoms with Crippen LogP contribution in [-0.2, 0) is 4.79 Å². The third-order valence-electron chi connectivity index (χ3n) is 2.64. The Morgan fingerprint density at radius 3 is 2.63 bits per heavy atom. The van der Waals surface area contributed by atoms with Gasteiger partial charge < -0.3 is 15.4 Å². The van der Waals surface area contributed by atoms with Gasteiger partial charge in [-0.1, -0.05) is 0 Å². The molecular weight excluding hydrogens is 278 g/mol. The van der Waals surface area contributed by atoms with Crippen molar-refractivity contribution in [3.05, 3.63) is 29.8 Å². The smallest absolute Gasteiger partial charge is 0.260 e. The Kier molecular flexibility index (Phi) is 7.33. The van der Waals surface area contributed by atoms with Gasteiger partial charge >= 0.3 is 0 Å². The number of amides is 1. The predicted octanol–water partition coefficient (Wildman–Crippen LogP) is 1.57. The minimum atomic E-state index is -0.836. The third kappa shape index (κ3) is 5.00. The molecule has 1 atom stereocenters. The molecule has 0 radical (unpaired) electrons. The van der Waals surface area contributed by atoms with Gasteiger partial charge in [0, 0.05) is 25.7 Å². The number of nitrogens with two attached hydrogens (primary N) is 1. The van der Waals surface area contributed by atoms with Crippen LogP contribution in [-0.4, -0.2) is 37.0 Å². The second-order valence-corrected chi connectivity index (χ2v) is 3.95. The van der Waals surface area contributed by atoms with Crippen molar-refractivity contribution in [1.82, 2.24) is 4.90 Å². The fraction of sp³-hybridized carbons (Fsp3) is 0.417. The Morgan fingerprint density at radius 2 is 2.11 bits per heavy atom. The maximum absolute atomic E-state index is 13.2. The molecule has 0 spiro atoms. The van der Waals surface area contributed by atoms with Crippen molar-refractivity contribution in [1.29, 1.82) is 0 Å². The number of carbonyl (C=O) groups excluding carboxylic acids is 1. The lowest BCUT2D eigenvalue weighted by Crippen LogP contribution is -2.42. The number of benzene rings is 1. The first-order chi connectivity index (χ1) is 8.45. The van der Waals surface area contributed by atoms with Crippen molar-refractivity contribution < 1.29 is 18.3 Å². The van der Waals surface area contributed by atoms with Gasteiger partial charge in [0.2, 0.25) is 0 Å². The highest BCUT2D eigenvalue weighted by Crippen LogP contribution is 2.17. The van der Waals surface area contributed by atoms with Gasteiger partial charge in [0.1, 0.15) is 5.82 Å². The largest absolute Gasteiger partial charge is 0.481 e. The molecule has 2 N–H and O–H groups in total. The summed E-state index contributed by atoms with van der Waals surface area (Å²) in [5.41, 5.74) is 5.42. The Bertz CT molecular complexity index is 432. The molecule has 0 aromatic heterocycles. The van der Waals surface area contributed by atoms with E-state index in [4.69, 9.17) is 10.5 Å². The highest BCUT2D eigenvalue weighted by molar-refractivity contribution is 5.85. The van der Waals surface area contributed by atoms with Crippen LogP contribution < -0.4 is 10.5 Å². The molecule has 1 unspecified atom stereocenters. The average Bonchev–Trinajstić information content (AvgIpc) is 2.35.